The number of fused-ring (bicyclic) bond motifs is 2. The minimum atomic E-state index is -0.924. The smallest absolute Gasteiger partial charge is 0.410 e. The van der Waals surface area contributed by atoms with Gasteiger partial charge in [-0.25, -0.2) is 9.18 Å². The molecule has 2 fully saturated rings. The predicted octanol–water partition coefficient (Wildman–Crippen LogP) is 1.31. The van der Waals surface area contributed by atoms with Crippen LogP contribution in [0.4, 0.5) is 9.18 Å². The first-order chi connectivity index (χ1) is 7.38. The third-order valence-corrected chi connectivity index (χ3v) is 3.00. The largest absolute Gasteiger partial charge is 0.444 e. The van der Waals surface area contributed by atoms with Gasteiger partial charge in [0.25, 0.3) is 0 Å². The highest BCUT2D eigenvalue weighted by Crippen LogP contribution is 2.30. The maximum Gasteiger partial charge on any atom is 0.410 e. The molecule has 4 nitrogen and oxygen atoms in total. The molecule has 2 heterocycles. The average Bonchev–Trinajstić information content (AvgIpc) is 2.31. The van der Waals surface area contributed by atoms with Crippen molar-refractivity contribution in [3.8, 4) is 0 Å². The van der Waals surface area contributed by atoms with Crippen molar-refractivity contribution in [1.29, 1.82) is 0 Å². The van der Waals surface area contributed by atoms with Crippen molar-refractivity contribution < 1.29 is 13.9 Å². The van der Waals surface area contributed by atoms with Gasteiger partial charge in [0.1, 0.15) is 11.8 Å². The van der Waals surface area contributed by atoms with E-state index in [-0.39, 0.29) is 18.2 Å². The highest BCUT2D eigenvalue weighted by atomic mass is 19.1. The summed E-state index contributed by atoms with van der Waals surface area (Å²) in [6.07, 6.45) is -0.881. The maximum absolute atomic E-state index is 13.6. The number of amides is 1. The van der Waals surface area contributed by atoms with Crippen LogP contribution in [0.1, 0.15) is 27.2 Å². The number of hydrogen-bond acceptors (Lipinski definition) is 3. The fourth-order valence-corrected chi connectivity index (χ4v) is 2.38. The lowest BCUT2D eigenvalue weighted by molar-refractivity contribution is 0.00730. The van der Waals surface area contributed by atoms with Gasteiger partial charge in [0.2, 0.25) is 0 Å². The Morgan fingerprint density at radius 1 is 1.44 bits per heavy atom. The van der Waals surface area contributed by atoms with E-state index in [1.165, 1.54) is 0 Å². The summed E-state index contributed by atoms with van der Waals surface area (Å²) in [5.74, 6) is 0. The van der Waals surface area contributed by atoms with Crippen molar-refractivity contribution in [3.63, 3.8) is 0 Å². The molecule has 0 radical (unpaired) electrons. The molecule has 0 aromatic rings. The summed E-state index contributed by atoms with van der Waals surface area (Å²) in [6, 6.07) is -0.405. The molecule has 92 valence electrons. The molecule has 5 heteroatoms. The standard InChI is InChI=1S/C11H19FN2O2/c1-11(2,3)16-10(15)14-7-4-8(12)9(14)6-13-5-7/h7-9,13H,4-6H2,1-3H3. The second kappa shape index (κ2) is 3.87. The normalized spacial score (nSPS) is 34.0. The molecule has 0 aliphatic carbocycles. The summed E-state index contributed by atoms with van der Waals surface area (Å²) in [4.78, 5) is 13.5. The Labute approximate surface area is 95.1 Å². The predicted molar refractivity (Wildman–Crippen MR) is 58.0 cm³/mol. The van der Waals surface area contributed by atoms with E-state index in [2.05, 4.69) is 5.32 Å². The van der Waals surface area contributed by atoms with E-state index in [1.807, 2.05) is 20.8 Å². The number of piperazine rings is 1. The third-order valence-electron chi connectivity index (χ3n) is 3.00. The molecule has 0 aromatic carbocycles. The van der Waals surface area contributed by atoms with Crippen LogP contribution in [0.15, 0.2) is 0 Å². The van der Waals surface area contributed by atoms with E-state index in [0.717, 1.165) is 0 Å². The van der Waals surface area contributed by atoms with Gasteiger partial charge < -0.3 is 10.1 Å². The summed E-state index contributed by atoms with van der Waals surface area (Å²) >= 11 is 0. The Morgan fingerprint density at radius 2 is 2.12 bits per heavy atom. The molecular weight excluding hydrogens is 211 g/mol. The van der Waals surface area contributed by atoms with Gasteiger partial charge in [0.05, 0.1) is 12.1 Å². The van der Waals surface area contributed by atoms with Crippen LogP contribution in [0.25, 0.3) is 0 Å². The number of ether oxygens (including phenoxy) is 1. The molecule has 2 aliphatic heterocycles. The summed E-state index contributed by atoms with van der Waals surface area (Å²) < 4.78 is 18.9. The number of rotatable bonds is 0. The fraction of sp³-hybridized carbons (Fsp3) is 0.909. The van der Waals surface area contributed by atoms with Crippen molar-refractivity contribution in [3.05, 3.63) is 0 Å². The van der Waals surface area contributed by atoms with Crippen LogP contribution in [0.5, 0.6) is 0 Å². The van der Waals surface area contributed by atoms with Crippen molar-refractivity contribution >= 4 is 6.09 Å². The highest BCUT2D eigenvalue weighted by molar-refractivity contribution is 5.70. The van der Waals surface area contributed by atoms with Gasteiger partial charge in [-0.3, -0.25) is 4.90 Å². The number of nitrogens with one attached hydrogen (secondary N) is 1. The zero-order chi connectivity index (χ0) is 11.9. The summed E-state index contributed by atoms with van der Waals surface area (Å²) in [5, 5.41) is 3.14. The first kappa shape index (κ1) is 11.6. The summed E-state index contributed by atoms with van der Waals surface area (Å²) in [5.41, 5.74) is -0.521. The lowest BCUT2D eigenvalue weighted by atomic mass is 10.2. The van der Waals surface area contributed by atoms with Gasteiger partial charge in [-0.2, -0.15) is 0 Å². The number of carbonyl (C=O) groups excluding carboxylic acids is 1. The molecule has 2 rings (SSSR count). The minimum absolute atomic E-state index is 0.0522. The number of carbonyl (C=O) groups is 1. The Bertz CT molecular complexity index is 290. The van der Waals surface area contributed by atoms with Crippen LogP contribution in [-0.4, -0.2) is 47.9 Å². The Hall–Kier alpha value is -0.840. The van der Waals surface area contributed by atoms with E-state index >= 15 is 0 Å². The summed E-state index contributed by atoms with van der Waals surface area (Å²) in [7, 11) is 0. The molecule has 0 spiro atoms. The second-order valence-electron chi connectivity index (χ2n) is 5.52. The Kier molecular flexibility index (Phi) is 2.82. The topological polar surface area (TPSA) is 41.6 Å². The zero-order valence-corrected chi connectivity index (χ0v) is 10.00. The first-order valence-electron chi connectivity index (χ1n) is 5.74. The molecule has 1 amide bonds. The van der Waals surface area contributed by atoms with E-state index in [0.29, 0.717) is 19.5 Å². The molecule has 1 N–H and O–H groups in total. The van der Waals surface area contributed by atoms with Crippen molar-refractivity contribution in [2.75, 3.05) is 13.1 Å². The van der Waals surface area contributed by atoms with E-state index < -0.39 is 11.8 Å². The van der Waals surface area contributed by atoms with E-state index in [9.17, 15) is 9.18 Å². The molecular formula is C11H19FN2O2. The monoisotopic (exact) mass is 230 g/mol. The van der Waals surface area contributed by atoms with Crippen LogP contribution < -0.4 is 5.32 Å². The van der Waals surface area contributed by atoms with Gasteiger partial charge in [-0.1, -0.05) is 0 Å². The number of halogens is 1. The van der Waals surface area contributed by atoms with E-state index in [4.69, 9.17) is 4.74 Å². The molecule has 3 atom stereocenters. The maximum atomic E-state index is 13.6. The van der Waals surface area contributed by atoms with Gasteiger partial charge in [0, 0.05) is 19.5 Å². The van der Waals surface area contributed by atoms with E-state index in [1.54, 1.807) is 4.90 Å². The molecule has 2 bridgehead atoms. The molecule has 16 heavy (non-hydrogen) atoms. The van der Waals surface area contributed by atoms with Crippen LogP contribution >= 0.6 is 0 Å². The van der Waals surface area contributed by atoms with Crippen molar-refractivity contribution in [2.24, 2.45) is 0 Å². The molecule has 0 saturated carbocycles. The average molecular weight is 230 g/mol. The van der Waals surface area contributed by atoms with Crippen molar-refractivity contribution in [2.45, 2.75) is 51.0 Å². The van der Waals surface area contributed by atoms with Crippen LogP contribution in [-0.2, 0) is 4.74 Å². The van der Waals surface area contributed by atoms with Gasteiger partial charge in [0.15, 0.2) is 0 Å². The third kappa shape index (κ3) is 2.14. The first-order valence-corrected chi connectivity index (χ1v) is 5.74. The number of nitrogens with zero attached hydrogens (tertiary/aromatic N) is 1. The zero-order valence-electron chi connectivity index (χ0n) is 10.00. The fourth-order valence-electron chi connectivity index (χ4n) is 2.38. The SMILES string of the molecule is CC(C)(C)OC(=O)N1C2CNCC1C(F)C2. The van der Waals surface area contributed by atoms with Gasteiger partial charge in [-0.05, 0) is 20.8 Å². The molecule has 2 saturated heterocycles. The Balaban J connectivity index is 2.07. The number of hydrogen-bond donors (Lipinski definition) is 1. The van der Waals surface area contributed by atoms with Gasteiger partial charge in [-0.15, -0.1) is 0 Å². The second-order valence-corrected chi connectivity index (χ2v) is 5.52. The lowest BCUT2D eigenvalue weighted by Gasteiger charge is -2.36. The van der Waals surface area contributed by atoms with Crippen LogP contribution in [0, 0.1) is 0 Å². The molecule has 2 aliphatic rings. The Morgan fingerprint density at radius 3 is 2.69 bits per heavy atom. The summed E-state index contributed by atoms with van der Waals surface area (Å²) in [6.45, 7) is 6.65. The van der Waals surface area contributed by atoms with Crippen LogP contribution in [0.3, 0.4) is 0 Å². The molecule has 3 unspecified atom stereocenters. The van der Waals surface area contributed by atoms with Gasteiger partial charge >= 0.3 is 6.09 Å². The molecule has 0 aromatic heterocycles. The highest BCUT2D eigenvalue weighted by Gasteiger charge is 2.47. The minimum Gasteiger partial charge on any atom is -0.444 e. The lowest BCUT2D eigenvalue weighted by Crippen LogP contribution is -2.56. The number of alkyl halides is 1. The van der Waals surface area contributed by atoms with Crippen molar-refractivity contribution in [1.82, 2.24) is 10.2 Å². The quantitative estimate of drug-likeness (QED) is 0.682. The van der Waals surface area contributed by atoms with Crippen LogP contribution in [0.2, 0.25) is 0 Å².